The number of dihydropyridines is 1. The van der Waals surface area contributed by atoms with Crippen molar-refractivity contribution < 1.29 is 5.11 Å². The third kappa shape index (κ3) is 2.93. The van der Waals surface area contributed by atoms with Crippen LogP contribution in [-0.2, 0) is 0 Å². The highest BCUT2D eigenvalue weighted by atomic mass is 79.9. The van der Waals surface area contributed by atoms with Gasteiger partial charge in [0.1, 0.15) is 11.6 Å². The van der Waals surface area contributed by atoms with Gasteiger partial charge < -0.3 is 10.5 Å². The lowest BCUT2D eigenvalue weighted by molar-refractivity contribution is 0.474. The molecule has 0 fully saturated rings. The molecular formula is C12H11BrClN3O. The molecule has 18 heavy (non-hydrogen) atoms. The van der Waals surface area contributed by atoms with Crippen LogP contribution in [0.5, 0.6) is 5.75 Å². The Labute approximate surface area is 118 Å². The smallest absolute Gasteiger partial charge is 0.151 e. The van der Waals surface area contributed by atoms with E-state index in [2.05, 4.69) is 26.3 Å². The van der Waals surface area contributed by atoms with Crippen molar-refractivity contribution in [3.8, 4) is 5.75 Å². The van der Waals surface area contributed by atoms with Gasteiger partial charge in [0.25, 0.3) is 0 Å². The van der Waals surface area contributed by atoms with Crippen molar-refractivity contribution in [3.63, 3.8) is 0 Å². The van der Waals surface area contributed by atoms with Gasteiger partial charge in [-0.25, -0.2) is 10.8 Å². The topological polar surface area (TPSA) is 70.6 Å². The number of nitrogens with two attached hydrogens (primary N) is 1. The molecule has 2 rings (SSSR count). The zero-order chi connectivity index (χ0) is 13.1. The van der Waals surface area contributed by atoms with Crippen LogP contribution in [0, 0.1) is 0 Å². The summed E-state index contributed by atoms with van der Waals surface area (Å²) in [5.74, 6) is 5.96. The summed E-state index contributed by atoms with van der Waals surface area (Å²) in [7, 11) is 0. The first-order valence-electron chi connectivity index (χ1n) is 5.17. The first-order chi connectivity index (χ1) is 8.60. The summed E-state index contributed by atoms with van der Waals surface area (Å²) in [6, 6.07) is 5.18. The fraction of sp³-hybridized carbons (Fsp3) is 0.0833. The van der Waals surface area contributed by atoms with E-state index in [1.807, 2.05) is 0 Å². The number of amidine groups is 1. The van der Waals surface area contributed by atoms with Crippen LogP contribution in [0.15, 0.2) is 45.4 Å². The minimum Gasteiger partial charge on any atom is -0.507 e. The Hall–Kier alpha value is -1.30. The summed E-state index contributed by atoms with van der Waals surface area (Å²) >= 11 is 9.45. The number of alkyl halides is 1. The lowest BCUT2D eigenvalue weighted by atomic mass is 10.1. The zero-order valence-corrected chi connectivity index (χ0v) is 11.6. The molecule has 0 saturated carbocycles. The molecule has 0 bridgehead atoms. The van der Waals surface area contributed by atoms with Gasteiger partial charge in [-0.15, -0.1) is 0 Å². The minimum atomic E-state index is -0.528. The summed E-state index contributed by atoms with van der Waals surface area (Å²) in [4.78, 5) is 4.13. The Kier molecular flexibility index (Phi) is 4.06. The number of hydrogen-bond donors (Lipinski definition) is 3. The van der Waals surface area contributed by atoms with Gasteiger partial charge in [-0.05, 0) is 35.9 Å². The molecular weight excluding hydrogens is 318 g/mol. The Balaban J connectivity index is 2.33. The van der Waals surface area contributed by atoms with Gasteiger partial charge in [0.05, 0.1) is 0 Å². The second-order valence-electron chi connectivity index (χ2n) is 3.68. The highest BCUT2D eigenvalue weighted by Gasteiger charge is 2.13. The number of nitrogens with one attached hydrogen (secondary N) is 1. The van der Waals surface area contributed by atoms with E-state index < -0.39 is 5.50 Å². The average molecular weight is 329 g/mol. The summed E-state index contributed by atoms with van der Waals surface area (Å²) in [6.45, 7) is 0. The molecule has 0 aliphatic carbocycles. The van der Waals surface area contributed by atoms with Gasteiger partial charge in [0, 0.05) is 10.0 Å². The second-order valence-corrected chi connectivity index (χ2v) is 5.00. The maximum absolute atomic E-state index is 9.75. The van der Waals surface area contributed by atoms with Gasteiger partial charge in [-0.3, -0.25) is 0 Å². The normalized spacial score (nSPS) is 20.9. The van der Waals surface area contributed by atoms with E-state index in [9.17, 15) is 5.11 Å². The monoisotopic (exact) mass is 327 g/mol. The van der Waals surface area contributed by atoms with Crippen LogP contribution < -0.4 is 11.3 Å². The Morgan fingerprint density at radius 3 is 2.89 bits per heavy atom. The average Bonchev–Trinajstić information content (AvgIpc) is 2.36. The van der Waals surface area contributed by atoms with E-state index in [1.165, 1.54) is 0 Å². The van der Waals surface area contributed by atoms with Crippen LogP contribution >= 0.6 is 27.5 Å². The van der Waals surface area contributed by atoms with Crippen molar-refractivity contribution in [2.75, 3.05) is 0 Å². The molecule has 1 unspecified atom stereocenters. The van der Waals surface area contributed by atoms with Crippen LogP contribution in [0.4, 0.5) is 0 Å². The number of hydrazine groups is 1. The van der Waals surface area contributed by atoms with E-state index in [0.29, 0.717) is 11.4 Å². The highest BCUT2D eigenvalue weighted by molar-refractivity contribution is 9.10. The predicted molar refractivity (Wildman–Crippen MR) is 77.3 cm³/mol. The molecule has 1 heterocycles. The lowest BCUT2D eigenvalue weighted by Crippen LogP contribution is -2.31. The van der Waals surface area contributed by atoms with Gasteiger partial charge >= 0.3 is 0 Å². The number of phenols is 1. The van der Waals surface area contributed by atoms with E-state index >= 15 is 0 Å². The molecule has 0 saturated heterocycles. The molecule has 0 spiro atoms. The number of benzene rings is 1. The molecule has 0 amide bonds. The number of phenolic OH excluding ortho intramolecular Hbond substituents is 1. The van der Waals surface area contributed by atoms with Crippen LogP contribution in [0.25, 0.3) is 6.08 Å². The maximum atomic E-state index is 9.75. The summed E-state index contributed by atoms with van der Waals surface area (Å²) in [5, 5.41) is 9.75. The first kappa shape index (κ1) is 13.1. The van der Waals surface area contributed by atoms with Crippen LogP contribution in [-0.4, -0.2) is 16.4 Å². The van der Waals surface area contributed by atoms with Gasteiger partial charge in [-0.1, -0.05) is 33.6 Å². The summed E-state index contributed by atoms with van der Waals surface area (Å²) in [6.07, 6.45) is 5.31. The number of hydrogen-bond acceptors (Lipinski definition) is 4. The molecule has 1 aliphatic rings. The molecule has 1 aromatic rings. The molecule has 1 atom stereocenters. The largest absolute Gasteiger partial charge is 0.507 e. The molecule has 1 aliphatic heterocycles. The Morgan fingerprint density at radius 1 is 1.44 bits per heavy atom. The van der Waals surface area contributed by atoms with Crippen molar-refractivity contribution in [2.45, 2.75) is 5.50 Å². The highest BCUT2D eigenvalue weighted by Crippen LogP contribution is 2.27. The number of nitrogens with zero attached hydrogens (tertiary/aromatic N) is 1. The third-order valence-corrected chi connectivity index (χ3v) is 3.26. The Morgan fingerprint density at radius 2 is 2.22 bits per heavy atom. The van der Waals surface area contributed by atoms with Gasteiger partial charge in [0.2, 0.25) is 0 Å². The third-order valence-electron chi connectivity index (χ3n) is 2.42. The molecule has 0 aromatic heterocycles. The second kappa shape index (κ2) is 5.56. The van der Waals surface area contributed by atoms with E-state index in [0.717, 1.165) is 10.0 Å². The maximum Gasteiger partial charge on any atom is 0.151 e. The van der Waals surface area contributed by atoms with Crippen molar-refractivity contribution in [3.05, 3.63) is 46.0 Å². The minimum absolute atomic E-state index is 0.190. The predicted octanol–water partition coefficient (Wildman–Crippen LogP) is 2.53. The molecule has 4 nitrogen and oxygen atoms in total. The van der Waals surface area contributed by atoms with E-state index in [-0.39, 0.29) is 5.75 Å². The first-order valence-corrected chi connectivity index (χ1v) is 6.40. The number of halogens is 2. The van der Waals surface area contributed by atoms with Crippen LogP contribution in [0.2, 0.25) is 0 Å². The zero-order valence-electron chi connectivity index (χ0n) is 9.27. The lowest BCUT2D eigenvalue weighted by Gasteiger charge is -2.13. The molecule has 1 aromatic carbocycles. The Bertz CT molecular complexity index is 554. The molecule has 94 valence electrons. The number of aromatic hydroxyl groups is 1. The van der Waals surface area contributed by atoms with Crippen molar-refractivity contribution in [2.24, 2.45) is 10.8 Å². The summed E-state index contributed by atoms with van der Waals surface area (Å²) < 4.78 is 0.880. The van der Waals surface area contributed by atoms with Crippen molar-refractivity contribution in [1.29, 1.82) is 0 Å². The van der Waals surface area contributed by atoms with Gasteiger partial charge in [-0.2, -0.15) is 0 Å². The van der Waals surface area contributed by atoms with Gasteiger partial charge in [0.15, 0.2) is 5.50 Å². The van der Waals surface area contributed by atoms with E-state index in [1.54, 1.807) is 36.4 Å². The van der Waals surface area contributed by atoms with Crippen molar-refractivity contribution >= 4 is 39.4 Å². The number of rotatable bonds is 1. The number of aliphatic imine (C=N–C) groups is 1. The molecule has 6 heteroatoms. The molecule has 0 radical (unpaired) electrons. The van der Waals surface area contributed by atoms with Crippen LogP contribution in [0.1, 0.15) is 5.56 Å². The summed E-state index contributed by atoms with van der Waals surface area (Å²) in [5.41, 5.74) is 3.36. The quantitative estimate of drug-likeness (QED) is 0.321. The fourth-order valence-electron chi connectivity index (χ4n) is 1.52. The SMILES string of the molecule is NNC1=NC(Cl)C(=Cc2cc(Br)ccc2O)C=C1. The van der Waals surface area contributed by atoms with Crippen LogP contribution in [0.3, 0.4) is 0 Å². The van der Waals surface area contributed by atoms with E-state index in [4.69, 9.17) is 17.4 Å². The molecule has 4 N–H and O–H groups in total. The fourth-order valence-corrected chi connectivity index (χ4v) is 2.14. The van der Waals surface area contributed by atoms with Crippen molar-refractivity contribution in [1.82, 2.24) is 5.43 Å². The standard InChI is InChI=1S/C12H11BrClN3O/c13-9-2-3-10(18)8(6-9)5-7-1-4-11(17-15)16-12(7)14/h1-6,12,18H,15H2,(H,16,17).